The Hall–Kier alpha value is -3.00. The summed E-state index contributed by atoms with van der Waals surface area (Å²) in [5.41, 5.74) is 1.90. The van der Waals surface area contributed by atoms with Crippen molar-refractivity contribution in [2.45, 2.75) is 18.9 Å². The Bertz CT molecular complexity index is 918. The fourth-order valence-electron chi connectivity index (χ4n) is 3.29. The van der Waals surface area contributed by atoms with Crippen molar-refractivity contribution in [1.29, 1.82) is 0 Å². The Morgan fingerprint density at radius 2 is 2.25 bits per heavy atom. The number of nitrogens with one attached hydrogen (secondary N) is 1. The minimum absolute atomic E-state index is 0.0149. The van der Waals surface area contributed by atoms with E-state index in [2.05, 4.69) is 20.4 Å². The fourth-order valence-corrected chi connectivity index (χ4v) is 3.29. The van der Waals surface area contributed by atoms with E-state index in [1.54, 1.807) is 23.0 Å². The summed E-state index contributed by atoms with van der Waals surface area (Å²) in [6.45, 7) is 2.92. The van der Waals surface area contributed by atoms with Crippen LogP contribution in [-0.4, -0.2) is 63.9 Å². The third-order valence-corrected chi connectivity index (χ3v) is 4.97. The van der Waals surface area contributed by atoms with E-state index in [0.717, 1.165) is 42.0 Å². The van der Waals surface area contributed by atoms with E-state index in [1.165, 1.54) is 0 Å². The molecule has 1 aliphatic heterocycles. The van der Waals surface area contributed by atoms with Crippen LogP contribution in [0.2, 0.25) is 0 Å². The molecule has 0 spiro atoms. The number of carbonyl (C=O) groups excluding carboxylic acids is 1. The van der Waals surface area contributed by atoms with Crippen LogP contribution < -0.4 is 5.32 Å². The average molecular weight is 380 g/mol. The molecule has 1 saturated heterocycles. The molecule has 3 heterocycles. The van der Waals surface area contributed by atoms with Crippen LogP contribution in [0.3, 0.4) is 0 Å². The molecule has 28 heavy (non-hydrogen) atoms. The summed E-state index contributed by atoms with van der Waals surface area (Å²) in [6.07, 6.45) is 4.47. The van der Waals surface area contributed by atoms with Crippen LogP contribution in [0.25, 0.3) is 10.9 Å². The Morgan fingerprint density at radius 3 is 3.07 bits per heavy atom. The molecule has 0 saturated carbocycles. The van der Waals surface area contributed by atoms with Crippen LogP contribution in [0, 0.1) is 0 Å². The van der Waals surface area contributed by atoms with Crippen molar-refractivity contribution in [3.05, 3.63) is 48.5 Å². The number of carbonyl (C=O) groups is 1. The Morgan fingerprint density at radius 1 is 1.36 bits per heavy atom. The molecule has 146 valence electrons. The zero-order chi connectivity index (χ0) is 19.3. The minimum atomic E-state index is 0.0149. The van der Waals surface area contributed by atoms with Crippen molar-refractivity contribution in [3.63, 3.8) is 0 Å². The molecule has 0 aliphatic carbocycles. The highest BCUT2D eigenvalue weighted by Crippen LogP contribution is 2.24. The number of aromatic nitrogens is 4. The van der Waals surface area contributed by atoms with Crippen LogP contribution in [0.5, 0.6) is 0 Å². The first-order chi connectivity index (χ1) is 13.7. The van der Waals surface area contributed by atoms with Gasteiger partial charge in [-0.1, -0.05) is 18.2 Å². The van der Waals surface area contributed by atoms with Gasteiger partial charge in [0.1, 0.15) is 18.7 Å². The number of rotatable bonds is 7. The molecule has 3 aromatic rings. The van der Waals surface area contributed by atoms with E-state index in [1.807, 2.05) is 36.5 Å². The summed E-state index contributed by atoms with van der Waals surface area (Å²) in [5, 5.41) is 8.74. The third-order valence-electron chi connectivity index (χ3n) is 4.97. The van der Waals surface area contributed by atoms with Crippen molar-refractivity contribution in [3.8, 4) is 0 Å². The molecule has 1 N–H and O–H groups in total. The predicted molar refractivity (Wildman–Crippen MR) is 106 cm³/mol. The summed E-state index contributed by atoms with van der Waals surface area (Å²) < 4.78 is 7.12. The second-order valence-corrected chi connectivity index (χ2v) is 7.02. The van der Waals surface area contributed by atoms with Gasteiger partial charge < -0.3 is 15.0 Å². The molecule has 1 fully saturated rings. The first-order valence-corrected chi connectivity index (χ1v) is 9.49. The van der Waals surface area contributed by atoms with Crippen molar-refractivity contribution in [1.82, 2.24) is 24.6 Å². The quantitative estimate of drug-likeness (QED) is 0.674. The monoisotopic (exact) mass is 380 g/mol. The molecule has 1 atom stereocenters. The maximum atomic E-state index is 12.5. The molecule has 2 aromatic heterocycles. The molecule has 1 aromatic carbocycles. The molecule has 1 amide bonds. The average Bonchev–Trinajstić information content (AvgIpc) is 3.37. The normalized spacial score (nSPS) is 16.4. The van der Waals surface area contributed by atoms with Crippen LogP contribution >= 0.6 is 0 Å². The van der Waals surface area contributed by atoms with Crippen molar-refractivity contribution in [2.75, 3.05) is 38.7 Å². The summed E-state index contributed by atoms with van der Waals surface area (Å²) in [4.78, 5) is 22.8. The summed E-state index contributed by atoms with van der Waals surface area (Å²) in [5.74, 6) is 1.13. The van der Waals surface area contributed by atoms with Gasteiger partial charge in [-0.25, -0.2) is 9.97 Å². The largest absolute Gasteiger partial charge is 0.381 e. The second-order valence-electron chi connectivity index (χ2n) is 7.02. The highest BCUT2D eigenvalue weighted by atomic mass is 16.5. The van der Waals surface area contributed by atoms with E-state index >= 15 is 0 Å². The van der Waals surface area contributed by atoms with Crippen LogP contribution in [0.4, 0.5) is 5.82 Å². The van der Waals surface area contributed by atoms with E-state index in [4.69, 9.17) is 4.74 Å². The van der Waals surface area contributed by atoms with Gasteiger partial charge in [-0.3, -0.25) is 9.48 Å². The zero-order valence-corrected chi connectivity index (χ0v) is 15.9. The molecule has 4 rings (SSSR count). The Balaban J connectivity index is 1.27. The van der Waals surface area contributed by atoms with Crippen LogP contribution in [0.15, 0.2) is 42.9 Å². The van der Waals surface area contributed by atoms with E-state index in [9.17, 15) is 4.79 Å². The summed E-state index contributed by atoms with van der Waals surface area (Å²) >= 11 is 0. The van der Waals surface area contributed by atoms with Gasteiger partial charge in [0.05, 0.1) is 17.8 Å². The number of nitrogens with zero attached hydrogens (tertiary/aromatic N) is 5. The lowest BCUT2D eigenvalue weighted by Crippen LogP contribution is -2.34. The number of fused-ring (bicyclic) bond motifs is 1. The number of amides is 1. The molecular weight excluding hydrogens is 356 g/mol. The zero-order valence-electron chi connectivity index (χ0n) is 15.9. The van der Waals surface area contributed by atoms with Gasteiger partial charge in [0, 0.05) is 50.3 Å². The smallest absolute Gasteiger partial charge is 0.244 e. The van der Waals surface area contributed by atoms with Crippen molar-refractivity contribution >= 4 is 22.6 Å². The van der Waals surface area contributed by atoms with Gasteiger partial charge in [-0.05, 0) is 12.5 Å². The van der Waals surface area contributed by atoms with Gasteiger partial charge in [-0.15, -0.1) is 0 Å². The second kappa shape index (κ2) is 8.35. The molecular formula is C20H24N6O2. The highest BCUT2D eigenvalue weighted by Gasteiger charge is 2.19. The summed E-state index contributed by atoms with van der Waals surface area (Å²) in [6, 6.07) is 9.81. The van der Waals surface area contributed by atoms with Gasteiger partial charge >= 0.3 is 0 Å². The Kier molecular flexibility index (Phi) is 5.48. The van der Waals surface area contributed by atoms with E-state index in [0.29, 0.717) is 19.0 Å². The lowest BCUT2D eigenvalue weighted by Gasteiger charge is -2.18. The predicted octanol–water partition coefficient (Wildman–Crippen LogP) is 1.90. The standard InChI is InChI=1S/C20H24N6O2/c1-25(20(27)12-26-11-15-4-2-3-5-17(15)24-26)8-7-21-19-10-18(22-14-23-19)16-6-9-28-13-16/h2-5,10-11,14,16H,6-9,12-13H2,1H3,(H,21,22,23)/t16-/m1/s1. The number of ether oxygens (including phenoxy) is 1. The van der Waals surface area contributed by atoms with Crippen LogP contribution in [-0.2, 0) is 16.1 Å². The molecule has 1 aliphatic rings. The number of likely N-dealkylation sites (N-methyl/N-ethyl adjacent to an activating group) is 1. The maximum Gasteiger partial charge on any atom is 0.244 e. The molecule has 0 radical (unpaired) electrons. The molecule has 0 unspecified atom stereocenters. The maximum absolute atomic E-state index is 12.5. The van der Waals surface area contributed by atoms with Gasteiger partial charge in [0.25, 0.3) is 0 Å². The minimum Gasteiger partial charge on any atom is -0.381 e. The first-order valence-electron chi connectivity index (χ1n) is 9.49. The Labute approximate surface area is 163 Å². The number of benzene rings is 1. The topological polar surface area (TPSA) is 85.2 Å². The number of anilines is 1. The number of hydrogen-bond donors (Lipinski definition) is 1. The highest BCUT2D eigenvalue weighted by molar-refractivity contribution is 5.79. The molecule has 0 bridgehead atoms. The lowest BCUT2D eigenvalue weighted by molar-refractivity contribution is -0.130. The van der Waals surface area contributed by atoms with Gasteiger partial charge in [-0.2, -0.15) is 5.10 Å². The number of hydrogen-bond acceptors (Lipinski definition) is 6. The van der Waals surface area contributed by atoms with E-state index in [-0.39, 0.29) is 12.5 Å². The van der Waals surface area contributed by atoms with Gasteiger partial charge in [0.15, 0.2) is 0 Å². The van der Waals surface area contributed by atoms with Crippen LogP contribution in [0.1, 0.15) is 18.0 Å². The summed E-state index contributed by atoms with van der Waals surface area (Å²) in [7, 11) is 1.80. The molecule has 8 nitrogen and oxygen atoms in total. The molecule has 8 heteroatoms. The van der Waals surface area contributed by atoms with Crippen molar-refractivity contribution < 1.29 is 9.53 Å². The first kappa shape index (κ1) is 18.4. The SMILES string of the molecule is CN(CCNc1cc([C@@H]2CCOC2)ncn1)C(=O)Cn1cc2ccccc2n1. The fraction of sp³-hybridized carbons (Fsp3) is 0.400. The third kappa shape index (κ3) is 4.28. The van der Waals surface area contributed by atoms with E-state index < -0.39 is 0 Å². The van der Waals surface area contributed by atoms with Crippen molar-refractivity contribution in [2.24, 2.45) is 0 Å². The lowest BCUT2D eigenvalue weighted by atomic mass is 10.1. The van der Waals surface area contributed by atoms with Gasteiger partial charge in [0.2, 0.25) is 5.91 Å².